The van der Waals surface area contributed by atoms with Gasteiger partial charge in [-0.1, -0.05) is 145 Å². The van der Waals surface area contributed by atoms with E-state index in [0.29, 0.717) is 0 Å². The minimum absolute atomic E-state index is 1.18. The predicted octanol–water partition coefficient (Wildman–Crippen LogP) is 12.6. The molecule has 1 aliphatic rings. The van der Waals surface area contributed by atoms with Crippen LogP contribution in [0.5, 0.6) is 0 Å². The molecule has 0 N–H and O–H groups in total. The van der Waals surface area contributed by atoms with E-state index in [4.69, 9.17) is 0 Å². The fourth-order valence-electron chi connectivity index (χ4n) is 7.58. The topological polar surface area (TPSA) is 4.93 Å². The van der Waals surface area contributed by atoms with Gasteiger partial charge < -0.3 is 4.57 Å². The van der Waals surface area contributed by atoms with Gasteiger partial charge in [0, 0.05) is 37.0 Å². The van der Waals surface area contributed by atoms with Gasteiger partial charge in [0.2, 0.25) is 0 Å². The maximum Gasteiger partial charge on any atom is 0.0619 e. The molecule has 46 heavy (non-hydrogen) atoms. The quantitative estimate of drug-likeness (QED) is 0.195. The Morgan fingerprint density at radius 2 is 0.957 bits per heavy atom. The van der Waals surface area contributed by atoms with E-state index in [1.165, 1.54) is 92.2 Å². The molecule has 0 fully saturated rings. The zero-order valence-electron chi connectivity index (χ0n) is 24.9. The van der Waals surface area contributed by atoms with E-state index in [0.717, 1.165) is 0 Å². The highest BCUT2D eigenvalue weighted by molar-refractivity contribution is 7.99. The fraction of sp³-hybridized carbons (Fsp3) is 0. The molecule has 214 valence electrons. The van der Waals surface area contributed by atoms with Gasteiger partial charge in [0.1, 0.15) is 0 Å². The summed E-state index contributed by atoms with van der Waals surface area (Å²) in [5.74, 6) is 0. The van der Waals surface area contributed by atoms with E-state index in [-0.39, 0.29) is 0 Å². The van der Waals surface area contributed by atoms with Crippen molar-refractivity contribution in [1.29, 1.82) is 0 Å². The lowest BCUT2D eigenvalue weighted by molar-refractivity contribution is 1.19. The maximum absolute atomic E-state index is 2.43. The molecule has 0 unspecified atom stereocenters. The molecule has 9 aromatic rings. The van der Waals surface area contributed by atoms with Crippen LogP contribution in [0.1, 0.15) is 0 Å². The summed E-state index contributed by atoms with van der Waals surface area (Å²) in [6.45, 7) is 0. The average molecular weight is 602 g/mol. The van der Waals surface area contributed by atoms with E-state index in [2.05, 4.69) is 168 Å². The van der Waals surface area contributed by atoms with Crippen LogP contribution in [-0.2, 0) is 0 Å². The van der Waals surface area contributed by atoms with E-state index in [1.54, 1.807) is 0 Å². The molecule has 1 nitrogen and oxygen atoms in total. The number of hydrogen-bond acceptors (Lipinski definition) is 1. The van der Waals surface area contributed by atoms with Gasteiger partial charge in [-0.05, 0) is 74.5 Å². The standard InChI is InChI=1S/C44H27NS/c1-2-10-30(11-3-1)45-40-18-6-4-12-34(40)39-25-24-33-31(14-8-17-38(33)44(39)45)28-20-22-29(23-21-28)32-26-27-42-43-36(32)15-9-16-37(43)35-13-5-7-19-41(35)46-42/h1-27H. The number of para-hydroxylation sites is 2. The first-order valence-electron chi connectivity index (χ1n) is 15.8. The van der Waals surface area contributed by atoms with Crippen molar-refractivity contribution in [1.82, 2.24) is 4.57 Å². The van der Waals surface area contributed by atoms with Gasteiger partial charge in [-0.15, -0.1) is 0 Å². The van der Waals surface area contributed by atoms with Crippen molar-refractivity contribution in [2.24, 2.45) is 0 Å². The molecular weight excluding hydrogens is 575 g/mol. The van der Waals surface area contributed by atoms with Crippen LogP contribution in [0, 0.1) is 0 Å². The number of rotatable bonds is 3. The van der Waals surface area contributed by atoms with Crippen LogP contribution in [0.25, 0.3) is 82.4 Å². The third-order valence-electron chi connectivity index (χ3n) is 9.61. The number of hydrogen-bond donors (Lipinski definition) is 0. The normalized spacial score (nSPS) is 12.3. The van der Waals surface area contributed by atoms with Crippen LogP contribution in [0.3, 0.4) is 0 Å². The Morgan fingerprint density at radius 3 is 1.80 bits per heavy atom. The van der Waals surface area contributed by atoms with Crippen molar-refractivity contribution < 1.29 is 0 Å². The highest BCUT2D eigenvalue weighted by Gasteiger charge is 2.21. The summed E-state index contributed by atoms with van der Waals surface area (Å²) < 4.78 is 2.43. The minimum Gasteiger partial charge on any atom is -0.309 e. The summed E-state index contributed by atoms with van der Waals surface area (Å²) in [6.07, 6.45) is 0. The highest BCUT2D eigenvalue weighted by atomic mass is 32.2. The van der Waals surface area contributed by atoms with Crippen LogP contribution >= 0.6 is 11.8 Å². The first-order chi connectivity index (χ1) is 22.8. The zero-order valence-corrected chi connectivity index (χ0v) is 25.8. The second kappa shape index (κ2) is 9.97. The SMILES string of the molecule is c1ccc(-n2c3ccccc3c3ccc4c(-c5ccc(-c6ccc7c8c(cccc68)-c6ccccc6S7)cc5)cccc4c32)cc1. The second-order valence-corrected chi connectivity index (χ2v) is 13.1. The summed E-state index contributed by atoms with van der Waals surface area (Å²) >= 11 is 1.88. The maximum atomic E-state index is 2.43. The molecule has 1 aliphatic heterocycles. The number of nitrogens with zero attached hydrogens (tertiary/aromatic N) is 1. The molecule has 2 heteroatoms. The second-order valence-electron chi connectivity index (χ2n) is 12.1. The fourth-order valence-corrected chi connectivity index (χ4v) is 8.71. The molecule has 0 amide bonds. The lowest BCUT2D eigenvalue weighted by atomic mass is 9.91. The molecule has 2 heterocycles. The molecule has 0 radical (unpaired) electrons. The minimum atomic E-state index is 1.18. The molecule has 0 saturated carbocycles. The van der Waals surface area contributed by atoms with Crippen molar-refractivity contribution in [3.8, 4) is 39.1 Å². The zero-order chi connectivity index (χ0) is 30.2. The Kier molecular flexibility index (Phi) is 5.58. The molecule has 0 spiro atoms. The molecule has 0 atom stereocenters. The van der Waals surface area contributed by atoms with Gasteiger partial charge in [-0.2, -0.15) is 0 Å². The Hall–Kier alpha value is -5.57. The van der Waals surface area contributed by atoms with Crippen LogP contribution in [0.2, 0.25) is 0 Å². The van der Waals surface area contributed by atoms with Crippen LogP contribution in [0.4, 0.5) is 0 Å². The molecule has 0 aliphatic carbocycles. The largest absolute Gasteiger partial charge is 0.309 e. The first-order valence-corrected chi connectivity index (χ1v) is 16.6. The Morgan fingerprint density at radius 1 is 0.348 bits per heavy atom. The summed E-state index contributed by atoms with van der Waals surface area (Å²) in [5, 5.41) is 7.76. The third-order valence-corrected chi connectivity index (χ3v) is 10.7. The monoisotopic (exact) mass is 601 g/mol. The van der Waals surface area contributed by atoms with Crippen LogP contribution in [0.15, 0.2) is 174 Å². The van der Waals surface area contributed by atoms with Gasteiger partial charge in [0.05, 0.1) is 11.0 Å². The van der Waals surface area contributed by atoms with Crippen molar-refractivity contribution in [3.63, 3.8) is 0 Å². The Bertz CT molecular complexity index is 2650. The van der Waals surface area contributed by atoms with E-state index in [9.17, 15) is 0 Å². The van der Waals surface area contributed by atoms with Gasteiger partial charge >= 0.3 is 0 Å². The van der Waals surface area contributed by atoms with Gasteiger partial charge in [-0.3, -0.25) is 0 Å². The smallest absolute Gasteiger partial charge is 0.0619 e. The molecule has 1 aromatic heterocycles. The molecule has 0 saturated heterocycles. The molecule has 10 rings (SSSR count). The van der Waals surface area contributed by atoms with E-state index >= 15 is 0 Å². The van der Waals surface area contributed by atoms with E-state index in [1.807, 2.05) is 11.8 Å². The van der Waals surface area contributed by atoms with Gasteiger partial charge in [0.25, 0.3) is 0 Å². The van der Waals surface area contributed by atoms with Crippen molar-refractivity contribution in [2.75, 3.05) is 0 Å². The summed E-state index contributed by atoms with van der Waals surface area (Å²) in [7, 11) is 0. The molecular formula is C44H27NS. The lowest BCUT2D eigenvalue weighted by Gasteiger charge is -2.21. The molecule has 8 aromatic carbocycles. The predicted molar refractivity (Wildman–Crippen MR) is 196 cm³/mol. The van der Waals surface area contributed by atoms with Gasteiger partial charge in [-0.25, -0.2) is 0 Å². The molecule has 0 bridgehead atoms. The van der Waals surface area contributed by atoms with Gasteiger partial charge in [0.15, 0.2) is 0 Å². The van der Waals surface area contributed by atoms with Crippen LogP contribution in [-0.4, -0.2) is 4.57 Å². The summed E-state index contributed by atoms with van der Waals surface area (Å²) in [4.78, 5) is 2.66. The van der Waals surface area contributed by atoms with Crippen molar-refractivity contribution in [3.05, 3.63) is 164 Å². The number of fused-ring (bicyclic) bond motifs is 7. The van der Waals surface area contributed by atoms with Crippen molar-refractivity contribution in [2.45, 2.75) is 9.79 Å². The third kappa shape index (κ3) is 3.71. The van der Waals surface area contributed by atoms with Crippen molar-refractivity contribution >= 4 is 55.1 Å². The Labute approximate surface area is 271 Å². The Balaban J connectivity index is 1.13. The summed E-state index contributed by atoms with van der Waals surface area (Å²) in [5.41, 5.74) is 11.3. The number of benzene rings is 8. The highest BCUT2D eigenvalue weighted by Crippen LogP contribution is 2.49. The van der Waals surface area contributed by atoms with Crippen LogP contribution < -0.4 is 0 Å². The lowest BCUT2D eigenvalue weighted by Crippen LogP contribution is -1.94. The first kappa shape index (κ1) is 25.7. The number of aromatic nitrogens is 1. The average Bonchev–Trinajstić information content (AvgIpc) is 3.47. The van der Waals surface area contributed by atoms with E-state index < -0.39 is 0 Å². The summed E-state index contributed by atoms with van der Waals surface area (Å²) in [6, 6.07) is 60.1.